The molecule has 1 aliphatic heterocycles. The van der Waals surface area contributed by atoms with E-state index in [0.717, 1.165) is 12.2 Å². The molecule has 0 aliphatic carbocycles. The normalized spacial score (nSPS) is 27.1. The Balaban J connectivity index is 2.05. The highest BCUT2D eigenvalue weighted by molar-refractivity contribution is 8.00. The summed E-state index contributed by atoms with van der Waals surface area (Å²) in [6, 6.07) is 10.1. The van der Waals surface area contributed by atoms with Crippen LogP contribution in [0, 0.1) is 0 Å². The van der Waals surface area contributed by atoms with E-state index in [9.17, 15) is 4.79 Å². The second-order valence-corrected chi connectivity index (χ2v) is 6.17. The van der Waals surface area contributed by atoms with Crippen LogP contribution in [0.2, 0.25) is 0 Å². The van der Waals surface area contributed by atoms with Gasteiger partial charge in [-0.2, -0.15) is 11.8 Å². The summed E-state index contributed by atoms with van der Waals surface area (Å²) >= 11 is 1.82. The zero-order valence-electron chi connectivity index (χ0n) is 10.8. The van der Waals surface area contributed by atoms with Crippen LogP contribution in [0.15, 0.2) is 30.3 Å². The lowest BCUT2D eigenvalue weighted by Gasteiger charge is -2.27. The fourth-order valence-electron chi connectivity index (χ4n) is 2.29. The molecule has 0 amide bonds. The van der Waals surface area contributed by atoms with Crippen LogP contribution in [0.5, 0.6) is 0 Å². The number of carbonyl (C=O) groups is 1. The molecule has 0 bridgehead atoms. The molecule has 2 rings (SSSR count). The van der Waals surface area contributed by atoms with Gasteiger partial charge in [-0.15, -0.1) is 0 Å². The monoisotopic (exact) mass is 265 g/mol. The van der Waals surface area contributed by atoms with E-state index in [-0.39, 0.29) is 5.97 Å². The number of rotatable bonds is 4. The van der Waals surface area contributed by atoms with Gasteiger partial charge in [0.25, 0.3) is 0 Å². The summed E-state index contributed by atoms with van der Waals surface area (Å²) in [6.45, 7) is 2.85. The van der Waals surface area contributed by atoms with Crippen molar-refractivity contribution >= 4 is 17.7 Å². The standard InChI is InChI=1S/C14H19NO2S/c1-11-8-14(10-18-11,13(16)17-2)15-9-12-6-4-3-5-7-12/h3-7,11,15H,8-10H2,1-2H3. The summed E-state index contributed by atoms with van der Waals surface area (Å²) in [7, 11) is 1.46. The van der Waals surface area contributed by atoms with Gasteiger partial charge in [-0.3, -0.25) is 10.1 Å². The van der Waals surface area contributed by atoms with Crippen molar-refractivity contribution in [2.45, 2.75) is 30.7 Å². The van der Waals surface area contributed by atoms with Crippen molar-refractivity contribution in [1.82, 2.24) is 5.32 Å². The van der Waals surface area contributed by atoms with Gasteiger partial charge >= 0.3 is 5.97 Å². The van der Waals surface area contributed by atoms with E-state index in [4.69, 9.17) is 4.74 Å². The van der Waals surface area contributed by atoms with Crippen LogP contribution >= 0.6 is 11.8 Å². The maximum atomic E-state index is 12.0. The van der Waals surface area contributed by atoms with Crippen molar-refractivity contribution in [3.05, 3.63) is 35.9 Å². The highest BCUT2D eigenvalue weighted by atomic mass is 32.2. The van der Waals surface area contributed by atoms with Gasteiger partial charge in [-0.1, -0.05) is 37.3 Å². The third kappa shape index (κ3) is 2.87. The number of nitrogens with one attached hydrogen (secondary N) is 1. The van der Waals surface area contributed by atoms with Gasteiger partial charge in [0, 0.05) is 17.5 Å². The highest BCUT2D eigenvalue weighted by Crippen LogP contribution is 2.35. The first-order chi connectivity index (χ1) is 8.66. The van der Waals surface area contributed by atoms with Gasteiger partial charge in [0.1, 0.15) is 5.54 Å². The van der Waals surface area contributed by atoms with E-state index in [1.807, 2.05) is 30.0 Å². The Hall–Kier alpha value is -1.00. The molecule has 2 unspecified atom stereocenters. The van der Waals surface area contributed by atoms with E-state index in [2.05, 4.69) is 24.4 Å². The van der Waals surface area contributed by atoms with Gasteiger partial charge in [-0.05, 0) is 12.0 Å². The summed E-state index contributed by atoms with van der Waals surface area (Å²) in [6.07, 6.45) is 0.831. The van der Waals surface area contributed by atoms with Crippen molar-refractivity contribution in [3.63, 3.8) is 0 Å². The van der Waals surface area contributed by atoms with Crippen molar-refractivity contribution in [2.24, 2.45) is 0 Å². The van der Waals surface area contributed by atoms with Gasteiger partial charge in [0.15, 0.2) is 0 Å². The first kappa shape index (κ1) is 13.4. The molecule has 1 saturated heterocycles. The third-order valence-corrected chi connectivity index (χ3v) is 4.70. The fourth-order valence-corrected chi connectivity index (χ4v) is 3.60. The largest absolute Gasteiger partial charge is 0.468 e. The molecule has 1 aromatic rings. The predicted molar refractivity (Wildman–Crippen MR) is 74.6 cm³/mol. The van der Waals surface area contributed by atoms with Gasteiger partial charge < -0.3 is 4.74 Å². The second kappa shape index (κ2) is 5.76. The zero-order chi connectivity index (χ0) is 13.0. The quantitative estimate of drug-likeness (QED) is 0.847. The molecule has 0 spiro atoms. The minimum absolute atomic E-state index is 0.143. The van der Waals surface area contributed by atoms with E-state index >= 15 is 0 Å². The number of carbonyl (C=O) groups excluding carboxylic acids is 1. The summed E-state index contributed by atoms with van der Waals surface area (Å²) in [4.78, 5) is 12.0. The minimum Gasteiger partial charge on any atom is -0.468 e. The average Bonchev–Trinajstić information content (AvgIpc) is 2.80. The van der Waals surface area contributed by atoms with Crippen LogP contribution in [-0.4, -0.2) is 29.6 Å². The molecule has 1 aromatic carbocycles. The van der Waals surface area contributed by atoms with Crippen LogP contribution in [-0.2, 0) is 16.1 Å². The maximum Gasteiger partial charge on any atom is 0.326 e. The number of hydrogen-bond acceptors (Lipinski definition) is 4. The highest BCUT2D eigenvalue weighted by Gasteiger charge is 2.45. The first-order valence-corrected chi connectivity index (χ1v) is 7.20. The number of methoxy groups -OCH3 is 1. The third-order valence-electron chi connectivity index (χ3n) is 3.30. The average molecular weight is 265 g/mol. The number of ether oxygens (including phenoxy) is 1. The molecule has 18 heavy (non-hydrogen) atoms. The van der Waals surface area contributed by atoms with Crippen LogP contribution in [0.25, 0.3) is 0 Å². The van der Waals surface area contributed by atoms with E-state index in [1.165, 1.54) is 12.7 Å². The van der Waals surface area contributed by atoms with Crippen molar-refractivity contribution in [1.29, 1.82) is 0 Å². The molecule has 1 heterocycles. The molecule has 0 aromatic heterocycles. The molecule has 2 atom stereocenters. The molecule has 3 nitrogen and oxygen atoms in total. The van der Waals surface area contributed by atoms with Crippen LogP contribution in [0.4, 0.5) is 0 Å². The Morgan fingerprint density at radius 1 is 1.50 bits per heavy atom. The molecule has 1 fully saturated rings. The number of thioether (sulfide) groups is 1. The fraction of sp³-hybridized carbons (Fsp3) is 0.500. The Kier molecular flexibility index (Phi) is 4.30. The van der Waals surface area contributed by atoms with Crippen LogP contribution < -0.4 is 5.32 Å². The molecule has 1 aliphatic rings. The number of benzene rings is 1. The topological polar surface area (TPSA) is 38.3 Å². The van der Waals surface area contributed by atoms with E-state index in [0.29, 0.717) is 11.8 Å². The van der Waals surface area contributed by atoms with Gasteiger partial charge in [0.05, 0.1) is 7.11 Å². The Morgan fingerprint density at radius 2 is 2.22 bits per heavy atom. The SMILES string of the molecule is COC(=O)C1(NCc2ccccc2)CSC(C)C1. The molecule has 0 saturated carbocycles. The van der Waals surface area contributed by atoms with Crippen molar-refractivity contribution < 1.29 is 9.53 Å². The zero-order valence-corrected chi connectivity index (χ0v) is 11.6. The molecule has 0 radical (unpaired) electrons. The Morgan fingerprint density at radius 3 is 2.78 bits per heavy atom. The lowest BCUT2D eigenvalue weighted by molar-refractivity contribution is -0.147. The predicted octanol–water partition coefficient (Wildman–Crippen LogP) is 2.21. The van der Waals surface area contributed by atoms with E-state index in [1.54, 1.807) is 0 Å². The molecular weight excluding hydrogens is 246 g/mol. The van der Waals surface area contributed by atoms with Crippen molar-refractivity contribution in [3.8, 4) is 0 Å². The van der Waals surface area contributed by atoms with Gasteiger partial charge in [-0.25, -0.2) is 0 Å². The number of esters is 1. The molecule has 98 valence electrons. The van der Waals surface area contributed by atoms with Crippen molar-refractivity contribution in [2.75, 3.05) is 12.9 Å². The van der Waals surface area contributed by atoms with Crippen LogP contribution in [0.3, 0.4) is 0 Å². The lowest BCUT2D eigenvalue weighted by Crippen LogP contribution is -2.52. The van der Waals surface area contributed by atoms with Crippen LogP contribution in [0.1, 0.15) is 18.9 Å². The lowest BCUT2D eigenvalue weighted by atomic mass is 9.96. The summed E-state index contributed by atoms with van der Waals surface area (Å²) in [5.41, 5.74) is 0.666. The number of hydrogen-bond donors (Lipinski definition) is 1. The second-order valence-electron chi connectivity index (χ2n) is 4.74. The molecule has 1 N–H and O–H groups in total. The molecule has 4 heteroatoms. The first-order valence-electron chi connectivity index (χ1n) is 6.15. The Bertz CT molecular complexity index is 410. The minimum atomic E-state index is -0.519. The summed E-state index contributed by atoms with van der Waals surface area (Å²) in [5, 5.41) is 3.89. The summed E-state index contributed by atoms with van der Waals surface area (Å²) < 4.78 is 4.96. The van der Waals surface area contributed by atoms with E-state index < -0.39 is 5.54 Å². The molecular formula is C14H19NO2S. The smallest absolute Gasteiger partial charge is 0.326 e. The Labute approximate surface area is 112 Å². The maximum absolute atomic E-state index is 12.0. The van der Waals surface area contributed by atoms with Gasteiger partial charge in [0.2, 0.25) is 0 Å². The summed E-state index contributed by atoms with van der Waals surface area (Å²) in [5.74, 6) is 0.642.